The Kier molecular flexibility index (Phi) is 10.2. The third-order valence-corrected chi connectivity index (χ3v) is 6.69. The zero-order valence-corrected chi connectivity index (χ0v) is 21.2. The molecule has 0 spiro atoms. The van der Waals surface area contributed by atoms with Gasteiger partial charge in [0.05, 0.1) is 12.2 Å². The van der Waals surface area contributed by atoms with Gasteiger partial charge in [0.15, 0.2) is 0 Å². The standard InChI is InChI=1S/C30H38N2O4/c1-3-4-5-6-22-9-14-28(15-10-22)36-30(34)24-12-7-23(8-13-24)11-16-29(33)35-20-21(2)25-17-26(31)19-27(32)18-25/h3,7-8,11-13,16-19,21-22,28H,1,4-6,9-10,14-15,20,31-32H2,2H3. The second kappa shape index (κ2) is 13.5. The van der Waals surface area contributed by atoms with Crippen LogP contribution >= 0.6 is 0 Å². The minimum absolute atomic E-state index is 0.00587. The van der Waals surface area contributed by atoms with E-state index in [0.29, 0.717) is 16.9 Å². The molecule has 4 N–H and O–H groups in total. The van der Waals surface area contributed by atoms with E-state index in [4.69, 9.17) is 20.9 Å². The largest absolute Gasteiger partial charge is 0.462 e. The lowest BCUT2D eigenvalue weighted by molar-refractivity contribution is -0.138. The highest BCUT2D eigenvalue weighted by Crippen LogP contribution is 2.30. The number of unbranched alkanes of at least 4 members (excludes halogenated alkanes) is 1. The molecule has 3 rings (SSSR count). The van der Waals surface area contributed by atoms with E-state index in [-0.39, 0.29) is 24.6 Å². The van der Waals surface area contributed by atoms with Gasteiger partial charge in [0.1, 0.15) is 6.10 Å². The van der Waals surface area contributed by atoms with Gasteiger partial charge in [-0.15, -0.1) is 6.58 Å². The predicted octanol–water partition coefficient (Wildman–Crippen LogP) is 6.28. The highest BCUT2D eigenvalue weighted by atomic mass is 16.5. The van der Waals surface area contributed by atoms with Gasteiger partial charge in [-0.3, -0.25) is 0 Å². The highest BCUT2D eigenvalue weighted by Gasteiger charge is 2.24. The van der Waals surface area contributed by atoms with Crippen LogP contribution in [0.2, 0.25) is 0 Å². The fourth-order valence-corrected chi connectivity index (χ4v) is 4.54. The van der Waals surface area contributed by atoms with Crippen molar-refractivity contribution in [3.8, 4) is 0 Å². The van der Waals surface area contributed by atoms with Crippen LogP contribution in [-0.2, 0) is 14.3 Å². The van der Waals surface area contributed by atoms with E-state index in [0.717, 1.165) is 49.1 Å². The Bertz CT molecular complexity index is 1030. The first kappa shape index (κ1) is 27.1. The van der Waals surface area contributed by atoms with Gasteiger partial charge in [-0.1, -0.05) is 31.6 Å². The smallest absolute Gasteiger partial charge is 0.338 e. The summed E-state index contributed by atoms with van der Waals surface area (Å²) in [6.45, 7) is 5.94. The van der Waals surface area contributed by atoms with Crippen LogP contribution in [0.5, 0.6) is 0 Å². The van der Waals surface area contributed by atoms with E-state index in [2.05, 4.69) is 6.58 Å². The van der Waals surface area contributed by atoms with E-state index in [1.165, 1.54) is 18.9 Å². The molecule has 1 atom stereocenters. The third-order valence-electron chi connectivity index (χ3n) is 6.69. The van der Waals surface area contributed by atoms with Gasteiger partial charge in [0, 0.05) is 23.4 Å². The van der Waals surface area contributed by atoms with Crippen molar-refractivity contribution in [3.05, 3.63) is 77.9 Å². The summed E-state index contributed by atoms with van der Waals surface area (Å²) in [7, 11) is 0. The minimum Gasteiger partial charge on any atom is -0.462 e. The van der Waals surface area contributed by atoms with Gasteiger partial charge < -0.3 is 20.9 Å². The molecule has 1 aliphatic rings. The number of carbonyl (C=O) groups excluding carboxylic acids is 2. The van der Waals surface area contributed by atoms with Crippen molar-refractivity contribution in [2.75, 3.05) is 18.1 Å². The molecule has 0 aromatic heterocycles. The normalized spacial score (nSPS) is 18.5. The van der Waals surface area contributed by atoms with Crippen molar-refractivity contribution >= 4 is 29.4 Å². The summed E-state index contributed by atoms with van der Waals surface area (Å²) < 4.78 is 11.1. The number of nitrogen functional groups attached to an aromatic ring is 2. The maximum absolute atomic E-state index is 12.5. The van der Waals surface area contributed by atoms with Crippen molar-refractivity contribution in [1.29, 1.82) is 0 Å². The molecule has 0 heterocycles. The summed E-state index contributed by atoms with van der Waals surface area (Å²) in [4.78, 5) is 24.7. The van der Waals surface area contributed by atoms with Crippen molar-refractivity contribution < 1.29 is 19.1 Å². The molecule has 1 unspecified atom stereocenters. The summed E-state index contributed by atoms with van der Waals surface area (Å²) in [5.74, 6) is -0.0407. The molecule has 0 saturated heterocycles. The molecular weight excluding hydrogens is 452 g/mol. The second-order valence-corrected chi connectivity index (χ2v) is 9.69. The van der Waals surface area contributed by atoms with Crippen LogP contribution in [0.1, 0.15) is 79.3 Å². The summed E-state index contributed by atoms with van der Waals surface area (Å²) >= 11 is 0. The van der Waals surface area contributed by atoms with Crippen LogP contribution in [0.25, 0.3) is 6.08 Å². The molecule has 0 aliphatic heterocycles. The van der Waals surface area contributed by atoms with Gasteiger partial charge >= 0.3 is 11.9 Å². The van der Waals surface area contributed by atoms with E-state index in [9.17, 15) is 9.59 Å². The molecule has 36 heavy (non-hydrogen) atoms. The van der Waals surface area contributed by atoms with Gasteiger partial charge in [-0.25, -0.2) is 9.59 Å². The minimum atomic E-state index is -0.442. The number of rotatable bonds is 11. The summed E-state index contributed by atoms with van der Waals surface area (Å²) in [6.07, 6.45) is 12.6. The Morgan fingerprint density at radius 2 is 1.72 bits per heavy atom. The van der Waals surface area contributed by atoms with Crippen molar-refractivity contribution in [2.24, 2.45) is 5.92 Å². The molecule has 2 aromatic rings. The van der Waals surface area contributed by atoms with Crippen molar-refractivity contribution in [1.82, 2.24) is 0 Å². The molecule has 1 saturated carbocycles. The number of hydrogen-bond donors (Lipinski definition) is 2. The molecule has 192 valence electrons. The van der Waals surface area contributed by atoms with Crippen LogP contribution in [0.15, 0.2) is 61.2 Å². The lowest BCUT2D eigenvalue weighted by atomic mass is 9.84. The molecule has 6 nitrogen and oxygen atoms in total. The van der Waals surface area contributed by atoms with Crippen molar-refractivity contribution in [2.45, 2.75) is 63.9 Å². The summed E-state index contributed by atoms with van der Waals surface area (Å²) in [6, 6.07) is 12.4. The summed E-state index contributed by atoms with van der Waals surface area (Å²) in [5, 5.41) is 0. The lowest BCUT2D eigenvalue weighted by Crippen LogP contribution is -2.24. The van der Waals surface area contributed by atoms with Crippen LogP contribution in [-0.4, -0.2) is 24.6 Å². The number of anilines is 2. The topological polar surface area (TPSA) is 105 Å². The zero-order chi connectivity index (χ0) is 25.9. The molecule has 1 fully saturated rings. The first-order valence-corrected chi connectivity index (χ1v) is 12.8. The highest BCUT2D eigenvalue weighted by molar-refractivity contribution is 5.90. The number of esters is 2. The summed E-state index contributed by atoms with van der Waals surface area (Å²) in [5.41, 5.74) is 15.1. The van der Waals surface area contributed by atoms with E-state index in [1.807, 2.05) is 25.1 Å². The fraction of sp³-hybridized carbons (Fsp3) is 0.400. The Labute approximate surface area is 214 Å². The van der Waals surface area contributed by atoms with Crippen molar-refractivity contribution in [3.63, 3.8) is 0 Å². The Morgan fingerprint density at radius 1 is 1.06 bits per heavy atom. The molecule has 2 aromatic carbocycles. The Morgan fingerprint density at radius 3 is 2.36 bits per heavy atom. The number of carbonyl (C=O) groups is 2. The van der Waals surface area contributed by atoms with Gasteiger partial charge in [0.25, 0.3) is 0 Å². The SMILES string of the molecule is C=CCCCC1CCC(OC(=O)c2ccc(C=CC(=O)OCC(C)c3cc(N)cc(N)c3)cc2)CC1. The molecular formula is C30H38N2O4. The average Bonchev–Trinajstić information content (AvgIpc) is 2.87. The first-order chi connectivity index (χ1) is 17.3. The zero-order valence-electron chi connectivity index (χ0n) is 21.2. The maximum Gasteiger partial charge on any atom is 0.338 e. The molecule has 0 radical (unpaired) electrons. The number of ether oxygens (including phenoxy) is 2. The molecule has 6 heteroatoms. The van der Waals surface area contributed by atoms with Crippen LogP contribution in [0, 0.1) is 5.92 Å². The number of benzene rings is 2. The van der Waals surface area contributed by atoms with Crippen LogP contribution in [0.4, 0.5) is 11.4 Å². The quantitative estimate of drug-likeness (QED) is 0.126. The Hall–Kier alpha value is -3.54. The van der Waals surface area contributed by atoms with Gasteiger partial charge in [0.2, 0.25) is 0 Å². The first-order valence-electron chi connectivity index (χ1n) is 12.8. The van der Waals surface area contributed by atoms with Crippen LogP contribution < -0.4 is 11.5 Å². The molecule has 0 bridgehead atoms. The number of nitrogens with two attached hydrogens (primary N) is 2. The number of hydrogen-bond acceptors (Lipinski definition) is 6. The van der Waals surface area contributed by atoms with Gasteiger partial charge in [-0.05, 0) is 92.0 Å². The van der Waals surface area contributed by atoms with Gasteiger partial charge in [-0.2, -0.15) is 0 Å². The maximum atomic E-state index is 12.5. The lowest BCUT2D eigenvalue weighted by Gasteiger charge is -2.28. The van der Waals surface area contributed by atoms with E-state index in [1.54, 1.807) is 36.4 Å². The average molecular weight is 491 g/mol. The third kappa shape index (κ3) is 8.59. The fourth-order valence-electron chi connectivity index (χ4n) is 4.54. The monoisotopic (exact) mass is 490 g/mol. The molecule has 1 aliphatic carbocycles. The second-order valence-electron chi connectivity index (χ2n) is 9.69. The number of allylic oxidation sites excluding steroid dienone is 1. The Balaban J connectivity index is 1.41. The molecule has 0 amide bonds. The predicted molar refractivity (Wildman–Crippen MR) is 145 cm³/mol. The van der Waals surface area contributed by atoms with Crippen LogP contribution in [0.3, 0.4) is 0 Å². The van der Waals surface area contributed by atoms with E-state index < -0.39 is 5.97 Å². The van der Waals surface area contributed by atoms with E-state index >= 15 is 0 Å².